The summed E-state index contributed by atoms with van der Waals surface area (Å²) < 4.78 is 0. The minimum absolute atomic E-state index is 0.320. The molecule has 1 heterocycles. The molecule has 2 aliphatic rings. The third kappa shape index (κ3) is 3.33. The fourth-order valence-corrected chi connectivity index (χ4v) is 3.70. The van der Waals surface area contributed by atoms with Crippen molar-refractivity contribution in [1.82, 2.24) is 10.2 Å². The van der Waals surface area contributed by atoms with Gasteiger partial charge in [-0.15, -0.1) is 0 Å². The van der Waals surface area contributed by atoms with Crippen LogP contribution in [-0.4, -0.2) is 36.4 Å². The van der Waals surface area contributed by atoms with Crippen LogP contribution in [0.15, 0.2) is 11.3 Å². The van der Waals surface area contributed by atoms with Crippen molar-refractivity contribution in [2.75, 3.05) is 26.7 Å². The van der Waals surface area contributed by atoms with E-state index in [-0.39, 0.29) is 0 Å². The highest BCUT2D eigenvalue weighted by molar-refractivity contribution is 7.80. The molecule has 0 spiro atoms. The molecule has 1 fully saturated rings. The zero-order chi connectivity index (χ0) is 13.2. The third-order valence-electron chi connectivity index (χ3n) is 4.13. The minimum atomic E-state index is 0.320. The average molecular weight is 266 g/mol. The maximum Gasteiger partial charge on any atom is 0.0261 e. The summed E-state index contributed by atoms with van der Waals surface area (Å²) in [6.45, 7) is 8.17. The maximum atomic E-state index is 5.66. The molecular weight excluding hydrogens is 240 g/mol. The molecule has 1 aliphatic heterocycles. The van der Waals surface area contributed by atoms with Gasteiger partial charge in [0.05, 0.1) is 0 Å². The van der Waals surface area contributed by atoms with Crippen LogP contribution in [-0.2, 0) is 0 Å². The lowest BCUT2D eigenvalue weighted by atomic mass is 9.76. The van der Waals surface area contributed by atoms with Crippen molar-refractivity contribution < 1.29 is 0 Å². The molecule has 0 radical (unpaired) electrons. The van der Waals surface area contributed by atoms with Gasteiger partial charge in [-0.25, -0.2) is 0 Å². The summed E-state index contributed by atoms with van der Waals surface area (Å²) in [5.74, 6) is 0. The second-order valence-corrected chi connectivity index (χ2v) is 6.98. The Labute approximate surface area is 117 Å². The van der Waals surface area contributed by atoms with E-state index < -0.39 is 0 Å². The Morgan fingerprint density at radius 2 is 1.83 bits per heavy atom. The van der Waals surface area contributed by atoms with Crippen LogP contribution < -0.4 is 5.32 Å². The highest BCUT2D eigenvalue weighted by Gasteiger charge is 2.30. The number of piperidine rings is 1. The first-order valence-corrected chi connectivity index (χ1v) is 7.58. The number of hydrogen-bond donors (Lipinski definition) is 1. The van der Waals surface area contributed by atoms with E-state index in [9.17, 15) is 0 Å². The van der Waals surface area contributed by atoms with E-state index in [4.69, 9.17) is 12.2 Å². The summed E-state index contributed by atoms with van der Waals surface area (Å²) in [4.78, 5) is 3.75. The number of allylic oxidation sites excluding steroid dienone is 1. The molecule has 0 atom stereocenters. The van der Waals surface area contributed by atoms with Crippen LogP contribution in [0.25, 0.3) is 0 Å². The molecule has 1 saturated heterocycles. The summed E-state index contributed by atoms with van der Waals surface area (Å²) in [5.41, 5.74) is 3.11. The van der Waals surface area contributed by atoms with Gasteiger partial charge in [-0.3, -0.25) is 4.90 Å². The second-order valence-electron chi connectivity index (χ2n) is 6.48. The average Bonchev–Trinajstić information content (AvgIpc) is 2.33. The van der Waals surface area contributed by atoms with Gasteiger partial charge in [-0.05, 0) is 49.8 Å². The van der Waals surface area contributed by atoms with Crippen molar-refractivity contribution >= 4 is 17.1 Å². The Bertz CT molecular complexity index is 352. The van der Waals surface area contributed by atoms with Crippen molar-refractivity contribution in [3.05, 3.63) is 11.3 Å². The first kappa shape index (κ1) is 14.0. The van der Waals surface area contributed by atoms with Crippen molar-refractivity contribution in [3.8, 4) is 0 Å². The van der Waals surface area contributed by atoms with Gasteiger partial charge in [-0.2, -0.15) is 0 Å². The summed E-state index contributed by atoms with van der Waals surface area (Å²) in [6.07, 6.45) is 6.29. The van der Waals surface area contributed by atoms with E-state index in [2.05, 4.69) is 24.1 Å². The monoisotopic (exact) mass is 266 g/mol. The van der Waals surface area contributed by atoms with E-state index in [0.29, 0.717) is 5.41 Å². The predicted molar refractivity (Wildman–Crippen MR) is 82.0 cm³/mol. The molecule has 0 aromatic rings. The normalized spacial score (nSPS) is 25.4. The van der Waals surface area contributed by atoms with Gasteiger partial charge < -0.3 is 5.32 Å². The van der Waals surface area contributed by atoms with Gasteiger partial charge >= 0.3 is 0 Å². The van der Waals surface area contributed by atoms with Gasteiger partial charge in [0.2, 0.25) is 0 Å². The molecule has 3 heteroatoms. The zero-order valence-electron chi connectivity index (χ0n) is 12.0. The highest BCUT2D eigenvalue weighted by atomic mass is 32.1. The van der Waals surface area contributed by atoms with Crippen LogP contribution in [0, 0.1) is 5.41 Å². The third-order valence-corrected chi connectivity index (χ3v) is 4.52. The fourth-order valence-electron chi connectivity index (χ4n) is 3.12. The van der Waals surface area contributed by atoms with Gasteiger partial charge in [0, 0.05) is 24.2 Å². The van der Waals surface area contributed by atoms with E-state index >= 15 is 0 Å². The molecule has 2 rings (SSSR count). The molecule has 0 unspecified atom stereocenters. The van der Waals surface area contributed by atoms with E-state index in [1.54, 1.807) is 0 Å². The van der Waals surface area contributed by atoms with E-state index in [1.807, 2.05) is 7.05 Å². The molecule has 0 bridgehead atoms. The molecule has 2 nitrogen and oxygen atoms in total. The Kier molecular flexibility index (Phi) is 4.44. The van der Waals surface area contributed by atoms with Crippen molar-refractivity contribution in [1.29, 1.82) is 0 Å². The Morgan fingerprint density at radius 1 is 1.17 bits per heavy atom. The van der Waals surface area contributed by atoms with Gasteiger partial charge in [0.25, 0.3) is 0 Å². The lowest BCUT2D eigenvalue weighted by molar-refractivity contribution is 0.245. The maximum absolute atomic E-state index is 5.66. The Balaban J connectivity index is 2.12. The molecular formula is C15H26N2S. The van der Waals surface area contributed by atoms with Crippen LogP contribution in [0.3, 0.4) is 0 Å². The smallest absolute Gasteiger partial charge is 0.0261 e. The molecule has 0 aromatic heterocycles. The lowest BCUT2D eigenvalue weighted by Crippen LogP contribution is -2.37. The Hall–Kier alpha value is -0.410. The van der Waals surface area contributed by atoms with E-state index in [1.165, 1.54) is 48.5 Å². The number of rotatable bonds is 3. The Morgan fingerprint density at radius 3 is 2.44 bits per heavy atom. The largest absolute Gasteiger partial charge is 0.391 e. The first-order chi connectivity index (χ1) is 8.52. The first-order valence-electron chi connectivity index (χ1n) is 7.17. The molecule has 1 N–H and O–H groups in total. The van der Waals surface area contributed by atoms with Crippen molar-refractivity contribution in [3.63, 3.8) is 0 Å². The molecule has 0 saturated carbocycles. The topological polar surface area (TPSA) is 15.3 Å². The molecule has 0 aromatic carbocycles. The van der Waals surface area contributed by atoms with Gasteiger partial charge in [0.15, 0.2) is 0 Å². The van der Waals surface area contributed by atoms with Crippen molar-refractivity contribution in [2.45, 2.75) is 46.0 Å². The zero-order valence-corrected chi connectivity index (χ0v) is 12.8. The van der Waals surface area contributed by atoms with Gasteiger partial charge in [0.1, 0.15) is 0 Å². The van der Waals surface area contributed by atoms with E-state index in [0.717, 1.165) is 19.4 Å². The standard InChI is InChI=1S/C15H26N2S/c1-15(2)9-13(16-3)12(14(18)10-15)11-17-7-5-4-6-8-17/h16H,4-11H2,1-3H3. The molecule has 18 heavy (non-hydrogen) atoms. The fraction of sp³-hybridized carbons (Fsp3) is 0.800. The van der Waals surface area contributed by atoms with Crippen LogP contribution >= 0.6 is 12.2 Å². The van der Waals surface area contributed by atoms with Crippen molar-refractivity contribution in [2.24, 2.45) is 5.41 Å². The summed E-state index contributed by atoms with van der Waals surface area (Å²) in [6, 6.07) is 0. The summed E-state index contributed by atoms with van der Waals surface area (Å²) in [5, 5.41) is 3.40. The number of nitrogens with zero attached hydrogens (tertiary/aromatic N) is 1. The SMILES string of the molecule is CNC1=C(CN2CCCCC2)C(=S)CC(C)(C)C1. The second kappa shape index (κ2) is 5.70. The van der Waals surface area contributed by atoms with Gasteiger partial charge in [-0.1, -0.05) is 32.5 Å². The molecule has 0 amide bonds. The van der Waals surface area contributed by atoms with Crippen LogP contribution in [0.1, 0.15) is 46.0 Å². The number of nitrogens with one attached hydrogen (secondary N) is 1. The number of likely N-dealkylation sites (tertiary alicyclic amines) is 1. The van der Waals surface area contributed by atoms with Crippen LogP contribution in [0.2, 0.25) is 0 Å². The molecule has 102 valence electrons. The van der Waals surface area contributed by atoms with Crippen LogP contribution in [0.4, 0.5) is 0 Å². The number of hydrogen-bond acceptors (Lipinski definition) is 3. The predicted octanol–water partition coefficient (Wildman–Crippen LogP) is 3.14. The summed E-state index contributed by atoms with van der Waals surface area (Å²) in [7, 11) is 2.04. The summed E-state index contributed by atoms with van der Waals surface area (Å²) >= 11 is 5.66. The highest BCUT2D eigenvalue weighted by Crippen LogP contribution is 2.36. The van der Waals surface area contributed by atoms with Crippen LogP contribution in [0.5, 0.6) is 0 Å². The lowest BCUT2D eigenvalue weighted by Gasteiger charge is -2.36. The number of thiocarbonyl (C=S) groups is 1. The minimum Gasteiger partial charge on any atom is -0.391 e. The quantitative estimate of drug-likeness (QED) is 0.790. The molecule has 1 aliphatic carbocycles.